The molecular formula is C3H5O2. The average molecular weight is 73.1 g/mol. The Labute approximate surface area is 30.4 Å². The maximum atomic E-state index is 9.28. The fraction of sp³-hybridized carbons (Fsp3) is 0.333. The van der Waals surface area contributed by atoms with Gasteiger partial charge in [0.25, 0.3) is 0 Å². The summed E-state index contributed by atoms with van der Waals surface area (Å²) in [4.78, 5) is 0. The second kappa shape index (κ2) is 3.50. The zero-order valence-corrected chi connectivity index (χ0v) is 2.72. The lowest BCUT2D eigenvalue weighted by Crippen LogP contribution is -1.63. The molecule has 0 aromatic heterocycles. The largest absolute Gasteiger partial charge is 0.516 e. The van der Waals surface area contributed by atoms with Crippen molar-refractivity contribution < 1.29 is 10.2 Å². The van der Waals surface area contributed by atoms with Crippen molar-refractivity contribution in [2.75, 3.05) is 6.61 Å². The minimum Gasteiger partial charge on any atom is -0.516 e. The van der Waals surface area contributed by atoms with E-state index in [4.69, 9.17) is 5.11 Å². The van der Waals surface area contributed by atoms with Gasteiger partial charge >= 0.3 is 0 Å². The van der Waals surface area contributed by atoms with E-state index in [-0.39, 0.29) is 6.61 Å². The highest BCUT2D eigenvalue weighted by molar-refractivity contribution is 4.67. The van der Waals surface area contributed by atoms with Crippen LogP contribution in [0.4, 0.5) is 0 Å². The maximum Gasteiger partial charge on any atom is 0.104 e. The van der Waals surface area contributed by atoms with Crippen molar-refractivity contribution in [3.8, 4) is 0 Å². The molecule has 0 aromatic carbocycles. The van der Waals surface area contributed by atoms with E-state index in [2.05, 4.69) is 0 Å². The first kappa shape index (κ1) is 4.50. The first-order valence-electron chi connectivity index (χ1n) is 1.29. The Balaban J connectivity index is 2.62. The Hall–Kier alpha value is -0.500. The molecule has 0 aliphatic heterocycles. The summed E-state index contributed by atoms with van der Waals surface area (Å²) in [6, 6.07) is 0. The van der Waals surface area contributed by atoms with Crippen molar-refractivity contribution in [2.24, 2.45) is 0 Å². The molecule has 2 heteroatoms. The summed E-state index contributed by atoms with van der Waals surface area (Å²) in [5, 5.41) is 17.0. The van der Waals surface area contributed by atoms with Crippen LogP contribution in [0.2, 0.25) is 0 Å². The molecule has 0 amide bonds. The molecule has 0 aliphatic rings. The van der Waals surface area contributed by atoms with E-state index >= 15 is 0 Å². The zero-order valence-electron chi connectivity index (χ0n) is 2.72. The molecule has 0 saturated heterocycles. The number of hydrogen-bond acceptors (Lipinski definition) is 1. The quantitative estimate of drug-likeness (QED) is 0.451. The van der Waals surface area contributed by atoms with E-state index < -0.39 is 0 Å². The van der Waals surface area contributed by atoms with Crippen molar-refractivity contribution in [1.82, 2.24) is 0 Å². The normalized spacial score (nSPS) is 9.80. The highest BCUT2D eigenvalue weighted by atomic mass is 16.3. The van der Waals surface area contributed by atoms with E-state index in [9.17, 15) is 5.11 Å². The van der Waals surface area contributed by atoms with Gasteiger partial charge in [-0.05, 0) is 6.08 Å². The van der Waals surface area contributed by atoms with Crippen LogP contribution in [0.15, 0.2) is 12.3 Å². The first-order chi connectivity index (χ1) is 2.41. The van der Waals surface area contributed by atoms with Crippen LogP contribution >= 0.6 is 0 Å². The monoisotopic (exact) mass is 73.0 g/mol. The number of hydrogen-bond donors (Lipinski definition) is 1. The average Bonchev–Trinajstić information content (AvgIpc) is 1.41. The van der Waals surface area contributed by atoms with Gasteiger partial charge in [-0.3, -0.25) is 0 Å². The van der Waals surface area contributed by atoms with E-state index in [1.165, 1.54) is 0 Å². The molecule has 29 valence electrons. The van der Waals surface area contributed by atoms with Crippen molar-refractivity contribution in [3.05, 3.63) is 12.3 Å². The molecule has 2 nitrogen and oxygen atoms in total. The smallest absolute Gasteiger partial charge is 0.104 e. The molecule has 0 bridgehead atoms. The van der Waals surface area contributed by atoms with Gasteiger partial charge in [0, 0.05) is 0 Å². The van der Waals surface area contributed by atoms with E-state index in [1.54, 1.807) is 0 Å². The van der Waals surface area contributed by atoms with Gasteiger partial charge in [0.1, 0.15) is 6.61 Å². The van der Waals surface area contributed by atoms with E-state index in [0.717, 1.165) is 12.3 Å². The van der Waals surface area contributed by atoms with Crippen LogP contribution in [0.1, 0.15) is 0 Å². The van der Waals surface area contributed by atoms with Crippen LogP contribution in [0, 0.1) is 0 Å². The summed E-state index contributed by atoms with van der Waals surface area (Å²) in [6.07, 6.45) is 1.87. The summed E-state index contributed by atoms with van der Waals surface area (Å²) >= 11 is 0. The molecule has 0 aliphatic carbocycles. The zero-order chi connectivity index (χ0) is 4.12. The van der Waals surface area contributed by atoms with Crippen LogP contribution in [-0.4, -0.2) is 11.7 Å². The van der Waals surface area contributed by atoms with Crippen molar-refractivity contribution in [2.45, 2.75) is 0 Å². The summed E-state index contributed by atoms with van der Waals surface area (Å²) in [6.45, 7) is -0.337. The molecule has 0 spiro atoms. The lowest BCUT2D eigenvalue weighted by atomic mass is 10.7. The molecule has 0 aromatic rings. The van der Waals surface area contributed by atoms with Gasteiger partial charge in [-0.2, -0.15) is 0 Å². The third-order valence-electron chi connectivity index (χ3n) is 0.202. The maximum absolute atomic E-state index is 9.28. The van der Waals surface area contributed by atoms with Gasteiger partial charge in [-0.1, -0.05) is 0 Å². The lowest BCUT2D eigenvalue weighted by molar-refractivity contribution is 0.230. The van der Waals surface area contributed by atoms with E-state index in [0.29, 0.717) is 0 Å². The molecule has 0 saturated carbocycles. The van der Waals surface area contributed by atoms with Crippen molar-refractivity contribution in [1.29, 1.82) is 0 Å². The fourth-order valence-electron chi connectivity index (χ4n) is 0.0430. The van der Waals surface area contributed by atoms with E-state index in [1.807, 2.05) is 0 Å². The van der Waals surface area contributed by atoms with Crippen LogP contribution in [0.5, 0.6) is 0 Å². The molecule has 1 N–H and O–H groups in total. The van der Waals surface area contributed by atoms with Crippen LogP contribution < -0.4 is 0 Å². The molecule has 0 heterocycles. The third kappa shape index (κ3) is 3.50. The van der Waals surface area contributed by atoms with Gasteiger partial charge in [0.15, 0.2) is 0 Å². The Morgan fingerprint density at radius 2 is 2.40 bits per heavy atom. The molecule has 0 rings (SSSR count). The van der Waals surface area contributed by atoms with Crippen LogP contribution in [-0.2, 0) is 5.11 Å². The first-order valence-corrected chi connectivity index (χ1v) is 1.29. The molecule has 1 radical (unpaired) electrons. The van der Waals surface area contributed by atoms with Crippen molar-refractivity contribution in [3.63, 3.8) is 0 Å². The SMILES string of the molecule is [O]CC=CO. The summed E-state index contributed by atoms with van der Waals surface area (Å²) < 4.78 is 0. The van der Waals surface area contributed by atoms with Crippen LogP contribution in [0.25, 0.3) is 0 Å². The predicted octanol–water partition coefficient (Wildman–Crippen LogP) is 0.489. The molecular weight excluding hydrogens is 68.0 g/mol. The van der Waals surface area contributed by atoms with Crippen molar-refractivity contribution >= 4 is 0 Å². The predicted molar refractivity (Wildman–Crippen MR) is 17.3 cm³/mol. The molecule has 0 atom stereocenters. The fourth-order valence-corrected chi connectivity index (χ4v) is 0.0430. The second-order valence-electron chi connectivity index (χ2n) is 0.551. The highest BCUT2D eigenvalue weighted by Crippen LogP contribution is 1.57. The number of aliphatic hydroxyl groups excluding tert-OH is 1. The van der Waals surface area contributed by atoms with Gasteiger partial charge in [-0.15, -0.1) is 0 Å². The standard InChI is InChI=1S/C3H5O2/c4-2-1-3-5/h1-2,4H,3H2. The Morgan fingerprint density at radius 3 is 2.40 bits per heavy atom. The van der Waals surface area contributed by atoms with Crippen LogP contribution in [0.3, 0.4) is 0 Å². The third-order valence-corrected chi connectivity index (χ3v) is 0.202. The Kier molecular flexibility index (Phi) is 3.15. The summed E-state index contributed by atoms with van der Waals surface area (Å²) in [5.41, 5.74) is 0. The van der Waals surface area contributed by atoms with Gasteiger partial charge < -0.3 is 5.11 Å². The molecule has 0 unspecified atom stereocenters. The Bertz CT molecular complexity index is 31.9. The number of aliphatic hydroxyl groups is 1. The van der Waals surface area contributed by atoms with Gasteiger partial charge in [0.05, 0.1) is 6.26 Å². The topological polar surface area (TPSA) is 40.1 Å². The minimum atomic E-state index is -0.337. The summed E-state index contributed by atoms with van der Waals surface area (Å²) in [7, 11) is 0. The summed E-state index contributed by atoms with van der Waals surface area (Å²) in [5.74, 6) is 0. The lowest BCUT2D eigenvalue weighted by Gasteiger charge is -1.63. The Morgan fingerprint density at radius 1 is 1.80 bits per heavy atom. The number of rotatable bonds is 1. The second-order valence-corrected chi connectivity index (χ2v) is 0.551. The molecule has 5 heavy (non-hydrogen) atoms. The van der Waals surface area contributed by atoms with Gasteiger partial charge in [0.2, 0.25) is 0 Å². The minimum absolute atomic E-state index is 0.337. The van der Waals surface area contributed by atoms with Gasteiger partial charge in [-0.25, -0.2) is 5.11 Å². The molecule has 0 fully saturated rings. The highest BCUT2D eigenvalue weighted by Gasteiger charge is 1.57.